The number of aromatic hydroxyl groups is 4. The van der Waals surface area contributed by atoms with E-state index in [1.54, 1.807) is 0 Å². The molecule has 3 heterocycles. The van der Waals surface area contributed by atoms with Gasteiger partial charge in [0.1, 0.15) is 59.1 Å². The van der Waals surface area contributed by atoms with Gasteiger partial charge in [0.05, 0.1) is 12.7 Å². The lowest BCUT2D eigenvalue weighted by molar-refractivity contribution is -0.319. The Labute approximate surface area is 347 Å². The van der Waals surface area contributed by atoms with E-state index in [4.69, 9.17) is 28.1 Å². The largest absolute Gasteiger partial charge is 0.508 e. The molecule has 60 heavy (non-hydrogen) atoms. The number of phenolic OH excluding ortho intramolecular Hbond substituents is 4. The van der Waals surface area contributed by atoms with Crippen molar-refractivity contribution in [3.05, 3.63) is 40.6 Å². The van der Waals surface area contributed by atoms with Crippen molar-refractivity contribution >= 4 is 16.9 Å². The van der Waals surface area contributed by atoms with Crippen molar-refractivity contribution in [2.75, 3.05) is 6.61 Å². The Morgan fingerprint density at radius 2 is 1.30 bits per heavy atom. The number of hydrogen-bond donors (Lipinski definition) is 9. The number of unbranched alkanes of at least 4 members (excludes halogenated alkanes) is 12. The van der Waals surface area contributed by atoms with Gasteiger partial charge in [0, 0.05) is 24.1 Å². The van der Waals surface area contributed by atoms with Crippen molar-refractivity contribution in [3.63, 3.8) is 0 Å². The second-order valence-corrected chi connectivity index (χ2v) is 15.7. The summed E-state index contributed by atoms with van der Waals surface area (Å²) in [5.41, 5.74) is -1.36. The molecule has 1 aromatic heterocycles. The molecule has 0 radical (unpaired) electrons. The molecule has 17 nitrogen and oxygen atoms in total. The first kappa shape index (κ1) is 46.9. The standard InChI is InChI=1S/C43H60O17/c1-3-4-5-6-7-8-9-10-11-12-13-14-15-16-31(48)59-39-23(2)56-42(38(54)36(39)52)55-22-30-33(49)35(51)37(53)43(58-30)60-41-34(50)32-28(47)20-25(44)21-29(32)57-40(41)24-17-18-26(45)27(46)19-24/h17-21,23,30,33,35-39,42-47,49,51-54H,3-16,22H2,1-2H3/t23-,30+,33+,35-,36-,37+,38+,39-,42+,43-/m0/s1. The van der Waals surface area contributed by atoms with Crippen LogP contribution in [-0.4, -0.2) is 120 Å². The van der Waals surface area contributed by atoms with Crippen LogP contribution in [-0.2, 0) is 23.7 Å². The smallest absolute Gasteiger partial charge is 0.306 e. The van der Waals surface area contributed by atoms with Crippen LogP contribution in [0.5, 0.6) is 28.7 Å². The van der Waals surface area contributed by atoms with Crippen molar-refractivity contribution < 1.29 is 78.9 Å². The van der Waals surface area contributed by atoms with Gasteiger partial charge in [0.2, 0.25) is 17.5 Å². The van der Waals surface area contributed by atoms with Gasteiger partial charge >= 0.3 is 5.97 Å². The number of hydrogen-bond acceptors (Lipinski definition) is 17. The zero-order chi connectivity index (χ0) is 43.5. The molecular formula is C43H60O17. The molecule has 5 rings (SSSR count). The first-order valence-electron chi connectivity index (χ1n) is 21.0. The highest BCUT2D eigenvalue weighted by atomic mass is 16.7. The van der Waals surface area contributed by atoms with Gasteiger partial charge in [-0.2, -0.15) is 0 Å². The van der Waals surface area contributed by atoms with Crippen molar-refractivity contribution in [2.45, 2.75) is 165 Å². The number of fused-ring (bicyclic) bond motifs is 1. The molecule has 0 amide bonds. The highest BCUT2D eigenvalue weighted by Crippen LogP contribution is 2.39. The Hall–Kier alpha value is -4.20. The first-order valence-corrected chi connectivity index (χ1v) is 21.0. The molecule has 9 N–H and O–H groups in total. The molecule has 0 spiro atoms. The lowest BCUT2D eigenvalue weighted by Crippen LogP contribution is -2.62. The maximum atomic E-state index is 13.8. The molecule has 3 aromatic rings. The molecule has 10 atom stereocenters. The van der Waals surface area contributed by atoms with Crippen LogP contribution < -0.4 is 10.2 Å². The number of phenols is 4. The summed E-state index contributed by atoms with van der Waals surface area (Å²) < 4.78 is 34.2. The number of carbonyl (C=O) groups excluding carboxylic acids is 1. The highest BCUT2D eigenvalue weighted by Gasteiger charge is 2.49. The van der Waals surface area contributed by atoms with Crippen molar-refractivity contribution in [3.8, 4) is 40.1 Å². The second kappa shape index (κ2) is 22.1. The zero-order valence-electron chi connectivity index (χ0n) is 34.1. The lowest BCUT2D eigenvalue weighted by Gasteiger charge is -2.43. The maximum Gasteiger partial charge on any atom is 0.306 e. The number of aliphatic hydroxyl groups excluding tert-OH is 5. The van der Waals surface area contributed by atoms with E-state index in [0.717, 1.165) is 43.5 Å². The van der Waals surface area contributed by atoms with Gasteiger partial charge in [-0.1, -0.05) is 84.0 Å². The normalized spacial score (nSPS) is 26.9. The molecule has 334 valence electrons. The van der Waals surface area contributed by atoms with Crippen LogP contribution in [0, 0.1) is 0 Å². The predicted octanol–water partition coefficient (Wildman–Crippen LogP) is 4.35. The molecule has 0 aliphatic carbocycles. The SMILES string of the molecule is CCCCCCCCCCCCCCCC(=O)O[C@@H]1[C@@H](O)[C@@H](O)[C@H](OC[C@H]2O[C@@H](Oc3c(-c4ccc(O)c(O)c4)oc4cc(O)cc(O)c4c3=O)[C@H](O)[C@@H](O)[C@@H]2O)O[C@H]1C. The topological polar surface area (TPSA) is 276 Å². The number of ether oxygens (including phenoxy) is 5. The summed E-state index contributed by atoms with van der Waals surface area (Å²) in [5.74, 6) is -3.89. The number of benzene rings is 2. The molecule has 17 heteroatoms. The number of rotatable bonds is 21. The number of aliphatic hydroxyl groups is 5. The lowest BCUT2D eigenvalue weighted by atomic mass is 9.98. The molecular weight excluding hydrogens is 788 g/mol. The summed E-state index contributed by atoms with van der Waals surface area (Å²) in [6.07, 6.45) is -0.973. The van der Waals surface area contributed by atoms with Crippen molar-refractivity contribution in [1.82, 2.24) is 0 Å². The molecule has 2 saturated heterocycles. The van der Waals surface area contributed by atoms with Crippen molar-refractivity contribution in [1.29, 1.82) is 0 Å². The fourth-order valence-corrected chi connectivity index (χ4v) is 7.49. The third-order valence-electron chi connectivity index (χ3n) is 11.0. The minimum absolute atomic E-state index is 0.0346. The van der Waals surface area contributed by atoms with Crippen LogP contribution in [0.25, 0.3) is 22.3 Å². The second-order valence-electron chi connectivity index (χ2n) is 15.7. The van der Waals surface area contributed by atoms with E-state index in [9.17, 15) is 55.5 Å². The molecule has 2 aromatic carbocycles. The van der Waals surface area contributed by atoms with Crippen LogP contribution in [0.4, 0.5) is 0 Å². The van der Waals surface area contributed by atoms with Gasteiger partial charge in [-0.25, -0.2) is 0 Å². The van der Waals surface area contributed by atoms with Gasteiger partial charge in [-0.05, 0) is 31.5 Å². The van der Waals surface area contributed by atoms with Crippen LogP contribution in [0.15, 0.2) is 39.5 Å². The average molecular weight is 849 g/mol. The summed E-state index contributed by atoms with van der Waals surface area (Å²) in [6, 6.07) is 5.28. The van der Waals surface area contributed by atoms with Crippen LogP contribution >= 0.6 is 0 Å². The van der Waals surface area contributed by atoms with E-state index in [1.807, 2.05) is 0 Å². The Bertz CT molecular complexity index is 1900. The highest BCUT2D eigenvalue weighted by molar-refractivity contribution is 5.88. The zero-order valence-corrected chi connectivity index (χ0v) is 34.1. The summed E-state index contributed by atoms with van der Waals surface area (Å²) >= 11 is 0. The number of esters is 1. The first-order chi connectivity index (χ1) is 28.7. The monoisotopic (exact) mass is 848 g/mol. The van der Waals surface area contributed by atoms with Gasteiger partial charge < -0.3 is 74.1 Å². The number of carbonyl (C=O) groups is 1. The van der Waals surface area contributed by atoms with E-state index in [0.29, 0.717) is 6.42 Å². The Morgan fingerprint density at radius 1 is 0.683 bits per heavy atom. The van der Waals surface area contributed by atoms with E-state index < -0.39 is 119 Å². The molecule has 2 aliphatic heterocycles. The predicted molar refractivity (Wildman–Crippen MR) is 214 cm³/mol. The molecule has 2 aliphatic rings. The maximum absolute atomic E-state index is 13.8. The van der Waals surface area contributed by atoms with E-state index in [2.05, 4.69) is 6.92 Å². The molecule has 0 unspecified atom stereocenters. The molecule has 0 bridgehead atoms. The van der Waals surface area contributed by atoms with Gasteiger partial charge in [-0.15, -0.1) is 0 Å². The van der Waals surface area contributed by atoms with E-state index >= 15 is 0 Å². The van der Waals surface area contributed by atoms with Crippen LogP contribution in [0.3, 0.4) is 0 Å². The van der Waals surface area contributed by atoms with Gasteiger partial charge in [0.25, 0.3) is 0 Å². The Balaban J connectivity index is 1.15. The van der Waals surface area contributed by atoms with Gasteiger partial charge in [0.15, 0.2) is 29.7 Å². The minimum Gasteiger partial charge on any atom is -0.508 e. The fraction of sp³-hybridized carbons (Fsp3) is 0.628. The molecule has 0 saturated carbocycles. The van der Waals surface area contributed by atoms with Crippen LogP contribution in [0.2, 0.25) is 0 Å². The Kier molecular flexibility index (Phi) is 17.2. The fourth-order valence-electron chi connectivity index (χ4n) is 7.49. The van der Waals surface area contributed by atoms with Crippen LogP contribution in [0.1, 0.15) is 104 Å². The van der Waals surface area contributed by atoms with Crippen molar-refractivity contribution in [2.24, 2.45) is 0 Å². The Morgan fingerprint density at radius 3 is 1.93 bits per heavy atom. The van der Waals surface area contributed by atoms with Gasteiger partial charge in [-0.3, -0.25) is 9.59 Å². The molecule has 2 fully saturated rings. The summed E-state index contributed by atoms with van der Waals surface area (Å²) in [4.78, 5) is 26.4. The quantitative estimate of drug-likeness (QED) is 0.0410. The van der Waals surface area contributed by atoms with E-state index in [1.165, 1.54) is 70.8 Å². The minimum atomic E-state index is -1.99. The van der Waals surface area contributed by atoms with E-state index in [-0.39, 0.29) is 17.6 Å². The third-order valence-corrected chi connectivity index (χ3v) is 11.0. The summed E-state index contributed by atoms with van der Waals surface area (Å²) in [7, 11) is 0. The summed E-state index contributed by atoms with van der Waals surface area (Å²) in [5, 5.41) is 94.3. The third kappa shape index (κ3) is 11.8. The average Bonchev–Trinajstić information content (AvgIpc) is 3.21. The summed E-state index contributed by atoms with van der Waals surface area (Å²) in [6.45, 7) is 3.11.